The number of nitrogens with zero attached hydrogens (tertiary/aromatic N) is 1. The molecule has 0 aliphatic rings. The van der Waals surface area contributed by atoms with Gasteiger partial charge >= 0.3 is 0 Å². The van der Waals surface area contributed by atoms with Crippen molar-refractivity contribution in [2.24, 2.45) is 0 Å². The van der Waals surface area contributed by atoms with E-state index >= 15 is 0 Å². The summed E-state index contributed by atoms with van der Waals surface area (Å²) in [5.74, 6) is 0.500. The maximum Gasteiger partial charge on any atom is 0.190 e. The van der Waals surface area contributed by atoms with E-state index in [4.69, 9.17) is 14.2 Å². The number of Topliss-reactive ketones (excluding diaryl/α,β-unsaturated/α-hetero) is 1. The second kappa shape index (κ2) is 8.60. The van der Waals surface area contributed by atoms with Gasteiger partial charge in [0.25, 0.3) is 0 Å². The van der Waals surface area contributed by atoms with Gasteiger partial charge in [0.1, 0.15) is 12.4 Å². The molecule has 5 nitrogen and oxygen atoms in total. The summed E-state index contributed by atoms with van der Waals surface area (Å²) in [6.07, 6.45) is 4.03. The van der Waals surface area contributed by atoms with Gasteiger partial charge in [-0.25, -0.2) is 0 Å². The van der Waals surface area contributed by atoms with Gasteiger partial charge in [-0.1, -0.05) is 6.92 Å². The van der Waals surface area contributed by atoms with E-state index in [1.165, 1.54) is 6.20 Å². The quantitative estimate of drug-likeness (QED) is 0.495. The molecule has 0 aromatic carbocycles. The molecule has 0 saturated heterocycles. The van der Waals surface area contributed by atoms with E-state index < -0.39 is 0 Å². The predicted molar refractivity (Wildman–Crippen MR) is 67.0 cm³/mol. The van der Waals surface area contributed by atoms with Crippen LogP contribution >= 0.6 is 0 Å². The maximum absolute atomic E-state index is 11.8. The summed E-state index contributed by atoms with van der Waals surface area (Å²) in [5.41, 5.74) is 0.501. The predicted octanol–water partition coefficient (Wildman–Crippen LogP) is 1.72. The summed E-state index contributed by atoms with van der Waals surface area (Å²) in [6, 6.07) is 1.69. The smallest absolute Gasteiger partial charge is 0.190 e. The fourth-order valence-corrected chi connectivity index (χ4v) is 1.26. The first-order chi connectivity index (χ1) is 8.77. The fraction of sp³-hybridized carbons (Fsp3) is 0.538. The summed E-state index contributed by atoms with van der Waals surface area (Å²) >= 11 is 0. The largest absolute Gasteiger partial charge is 0.492 e. The SMILES string of the molecule is CCCOc1cncc(C(=O)COCCOC)c1. The molecule has 1 aromatic heterocycles. The Kier molecular flexibility index (Phi) is 6.98. The number of pyridine rings is 1. The minimum atomic E-state index is -0.111. The normalized spacial score (nSPS) is 10.3. The summed E-state index contributed by atoms with van der Waals surface area (Å²) < 4.78 is 15.4. The van der Waals surface area contributed by atoms with Crippen molar-refractivity contribution in [1.82, 2.24) is 4.98 Å². The molecule has 0 N–H and O–H groups in total. The van der Waals surface area contributed by atoms with E-state index in [9.17, 15) is 4.79 Å². The molecule has 0 fully saturated rings. The van der Waals surface area contributed by atoms with Crippen molar-refractivity contribution in [2.75, 3.05) is 33.5 Å². The lowest BCUT2D eigenvalue weighted by molar-refractivity contribution is 0.0576. The van der Waals surface area contributed by atoms with Crippen LogP contribution in [0.4, 0.5) is 0 Å². The molecule has 1 aromatic rings. The Morgan fingerprint density at radius 2 is 2.11 bits per heavy atom. The minimum Gasteiger partial charge on any atom is -0.492 e. The van der Waals surface area contributed by atoms with Gasteiger partial charge in [0.2, 0.25) is 0 Å². The zero-order valence-electron chi connectivity index (χ0n) is 10.8. The minimum absolute atomic E-state index is 0.0300. The van der Waals surface area contributed by atoms with Crippen LogP contribution in [-0.2, 0) is 9.47 Å². The lowest BCUT2D eigenvalue weighted by atomic mass is 10.2. The number of hydrogen-bond donors (Lipinski definition) is 0. The number of carbonyl (C=O) groups excluding carboxylic acids is 1. The van der Waals surface area contributed by atoms with Crippen LogP contribution < -0.4 is 4.74 Å². The van der Waals surface area contributed by atoms with Crippen molar-refractivity contribution in [3.8, 4) is 5.75 Å². The second-order valence-corrected chi connectivity index (χ2v) is 3.73. The van der Waals surface area contributed by atoms with Crippen molar-refractivity contribution >= 4 is 5.78 Å². The van der Waals surface area contributed by atoms with Crippen LogP contribution in [0.1, 0.15) is 23.7 Å². The highest BCUT2D eigenvalue weighted by Gasteiger charge is 2.07. The number of aromatic nitrogens is 1. The molecule has 0 atom stereocenters. The summed E-state index contributed by atoms with van der Waals surface area (Å²) in [6.45, 7) is 3.55. The van der Waals surface area contributed by atoms with Crippen LogP contribution in [0.25, 0.3) is 0 Å². The molecule has 0 radical (unpaired) electrons. The van der Waals surface area contributed by atoms with Gasteiger partial charge < -0.3 is 14.2 Å². The summed E-state index contributed by atoms with van der Waals surface area (Å²) in [4.78, 5) is 15.7. The highest BCUT2D eigenvalue weighted by atomic mass is 16.5. The van der Waals surface area contributed by atoms with Gasteiger partial charge in [-0.15, -0.1) is 0 Å². The van der Waals surface area contributed by atoms with Crippen molar-refractivity contribution in [3.63, 3.8) is 0 Å². The number of ketones is 1. The monoisotopic (exact) mass is 253 g/mol. The zero-order valence-corrected chi connectivity index (χ0v) is 10.8. The Hall–Kier alpha value is -1.46. The molecule has 100 valence electrons. The molecule has 1 rings (SSSR count). The molecular formula is C13H19NO4. The van der Waals surface area contributed by atoms with Gasteiger partial charge in [-0.2, -0.15) is 0 Å². The molecule has 0 aliphatic heterocycles. The Balaban J connectivity index is 2.46. The average Bonchev–Trinajstić information content (AvgIpc) is 2.41. The van der Waals surface area contributed by atoms with Crippen LogP contribution in [-0.4, -0.2) is 44.3 Å². The Labute approximate surface area is 107 Å². The molecule has 0 unspecified atom stereocenters. The van der Waals surface area contributed by atoms with Crippen molar-refractivity contribution in [2.45, 2.75) is 13.3 Å². The first-order valence-corrected chi connectivity index (χ1v) is 5.95. The van der Waals surface area contributed by atoms with E-state index in [1.54, 1.807) is 19.4 Å². The van der Waals surface area contributed by atoms with Crippen LogP contribution in [0.5, 0.6) is 5.75 Å². The molecule has 0 aliphatic carbocycles. The standard InChI is InChI=1S/C13H19NO4/c1-3-4-18-12-7-11(8-14-9-12)13(15)10-17-6-5-16-2/h7-9H,3-6,10H2,1-2H3. The summed E-state index contributed by atoms with van der Waals surface area (Å²) in [7, 11) is 1.59. The molecule has 0 spiro atoms. The van der Waals surface area contributed by atoms with Gasteiger partial charge in [0, 0.05) is 18.9 Å². The fourth-order valence-electron chi connectivity index (χ4n) is 1.26. The molecule has 1 heterocycles. The first kappa shape index (κ1) is 14.6. The van der Waals surface area contributed by atoms with E-state index in [1.807, 2.05) is 6.92 Å². The van der Waals surface area contributed by atoms with E-state index in [-0.39, 0.29) is 12.4 Å². The van der Waals surface area contributed by atoms with Gasteiger partial charge in [0.15, 0.2) is 5.78 Å². The molecule has 0 saturated carbocycles. The van der Waals surface area contributed by atoms with E-state index in [0.29, 0.717) is 31.1 Å². The van der Waals surface area contributed by atoms with Crippen molar-refractivity contribution in [3.05, 3.63) is 24.0 Å². The lowest BCUT2D eigenvalue weighted by Crippen LogP contribution is -2.12. The second-order valence-electron chi connectivity index (χ2n) is 3.73. The molecule has 0 amide bonds. The third-order valence-electron chi connectivity index (χ3n) is 2.17. The van der Waals surface area contributed by atoms with E-state index in [0.717, 1.165) is 6.42 Å². The zero-order chi connectivity index (χ0) is 13.2. The highest BCUT2D eigenvalue weighted by Crippen LogP contribution is 2.12. The average molecular weight is 253 g/mol. The van der Waals surface area contributed by atoms with E-state index in [2.05, 4.69) is 4.98 Å². The number of carbonyl (C=O) groups is 1. The Morgan fingerprint density at radius 1 is 1.28 bits per heavy atom. The van der Waals surface area contributed by atoms with Crippen LogP contribution in [0.15, 0.2) is 18.5 Å². The molecular weight excluding hydrogens is 234 g/mol. The molecule has 0 bridgehead atoms. The number of methoxy groups -OCH3 is 1. The molecule has 18 heavy (non-hydrogen) atoms. The third kappa shape index (κ3) is 5.25. The van der Waals surface area contributed by atoms with Crippen LogP contribution in [0, 0.1) is 0 Å². The highest BCUT2D eigenvalue weighted by molar-refractivity contribution is 5.97. The lowest BCUT2D eigenvalue weighted by Gasteiger charge is -2.06. The maximum atomic E-state index is 11.8. The van der Waals surface area contributed by atoms with Crippen LogP contribution in [0.2, 0.25) is 0 Å². The first-order valence-electron chi connectivity index (χ1n) is 5.95. The topological polar surface area (TPSA) is 57.7 Å². The van der Waals surface area contributed by atoms with Crippen molar-refractivity contribution in [1.29, 1.82) is 0 Å². The number of ether oxygens (including phenoxy) is 3. The third-order valence-corrected chi connectivity index (χ3v) is 2.17. The Morgan fingerprint density at radius 3 is 2.83 bits per heavy atom. The van der Waals surface area contributed by atoms with Crippen molar-refractivity contribution < 1.29 is 19.0 Å². The summed E-state index contributed by atoms with van der Waals surface area (Å²) in [5, 5.41) is 0. The van der Waals surface area contributed by atoms with Gasteiger partial charge in [0.05, 0.1) is 26.0 Å². The number of hydrogen-bond acceptors (Lipinski definition) is 5. The molecule has 5 heteroatoms. The van der Waals surface area contributed by atoms with Crippen LogP contribution in [0.3, 0.4) is 0 Å². The van der Waals surface area contributed by atoms with Gasteiger partial charge in [-0.05, 0) is 12.5 Å². The van der Waals surface area contributed by atoms with Gasteiger partial charge in [-0.3, -0.25) is 9.78 Å². The number of rotatable bonds is 9. The Bertz CT molecular complexity index is 368.